The summed E-state index contributed by atoms with van der Waals surface area (Å²) in [6.07, 6.45) is 1.67. The summed E-state index contributed by atoms with van der Waals surface area (Å²) in [5.41, 5.74) is 2.80. The van der Waals surface area contributed by atoms with Gasteiger partial charge in [0.1, 0.15) is 5.75 Å². The van der Waals surface area contributed by atoms with Crippen LogP contribution < -0.4 is 15.7 Å². The number of carbonyl (C=O) groups excluding carboxylic acids is 1. The molecule has 0 atom stereocenters. The molecule has 2 aromatic carbocycles. The minimum atomic E-state index is -0.202. The third kappa shape index (κ3) is 3.96. The van der Waals surface area contributed by atoms with E-state index < -0.39 is 0 Å². The number of benzene rings is 2. The Hall–Kier alpha value is -3.87. The van der Waals surface area contributed by atoms with Crippen molar-refractivity contribution in [3.8, 4) is 5.75 Å². The number of amides is 1. The van der Waals surface area contributed by atoms with Crippen LogP contribution in [0.1, 0.15) is 15.9 Å². The third-order valence-electron chi connectivity index (χ3n) is 4.93. The van der Waals surface area contributed by atoms with Crippen LogP contribution in [-0.4, -0.2) is 33.7 Å². The Morgan fingerprint density at radius 1 is 1.00 bits per heavy atom. The predicted octanol–water partition coefficient (Wildman–Crippen LogP) is 2.68. The number of nitrogens with one attached hydrogen (secondary N) is 1. The van der Waals surface area contributed by atoms with Crippen LogP contribution in [0, 0.1) is 0 Å². The van der Waals surface area contributed by atoms with Crippen molar-refractivity contribution in [1.82, 2.24) is 19.4 Å². The zero-order chi connectivity index (χ0) is 20.9. The molecule has 4 aromatic rings. The second-order valence-corrected chi connectivity index (χ2v) is 6.84. The van der Waals surface area contributed by atoms with Gasteiger partial charge in [0.2, 0.25) is 0 Å². The number of hydrogen-bond acceptors (Lipinski definition) is 4. The number of nitrogens with zero attached hydrogens (tertiary/aromatic N) is 3. The summed E-state index contributed by atoms with van der Waals surface area (Å²) in [4.78, 5) is 29.8. The van der Waals surface area contributed by atoms with Crippen LogP contribution in [0.25, 0.3) is 11.2 Å². The molecule has 1 N–H and O–H groups in total. The van der Waals surface area contributed by atoms with Crippen LogP contribution >= 0.6 is 0 Å². The van der Waals surface area contributed by atoms with E-state index in [9.17, 15) is 9.59 Å². The van der Waals surface area contributed by atoms with Crippen molar-refractivity contribution in [3.63, 3.8) is 0 Å². The van der Waals surface area contributed by atoms with Crippen molar-refractivity contribution in [2.75, 3.05) is 13.7 Å². The average molecular weight is 402 g/mol. The second kappa shape index (κ2) is 8.65. The highest BCUT2D eigenvalue weighted by molar-refractivity contribution is 5.94. The van der Waals surface area contributed by atoms with E-state index in [1.165, 1.54) is 0 Å². The van der Waals surface area contributed by atoms with Gasteiger partial charge in [0, 0.05) is 24.8 Å². The molecule has 152 valence electrons. The monoisotopic (exact) mass is 402 g/mol. The molecule has 0 spiro atoms. The lowest BCUT2D eigenvalue weighted by atomic mass is 10.2. The minimum absolute atomic E-state index is 0.147. The molecule has 0 unspecified atom stereocenters. The number of aromatic nitrogens is 3. The van der Waals surface area contributed by atoms with Crippen LogP contribution in [0.2, 0.25) is 0 Å². The first-order valence-electron chi connectivity index (χ1n) is 9.67. The van der Waals surface area contributed by atoms with Gasteiger partial charge in [0.25, 0.3) is 5.91 Å². The minimum Gasteiger partial charge on any atom is -0.497 e. The molecule has 0 aliphatic carbocycles. The first kappa shape index (κ1) is 19.4. The van der Waals surface area contributed by atoms with Gasteiger partial charge in [-0.3, -0.25) is 13.9 Å². The largest absolute Gasteiger partial charge is 0.497 e. The van der Waals surface area contributed by atoms with Gasteiger partial charge in [-0.2, -0.15) is 0 Å². The predicted molar refractivity (Wildman–Crippen MR) is 115 cm³/mol. The van der Waals surface area contributed by atoms with Gasteiger partial charge in [0.15, 0.2) is 5.65 Å². The number of hydrogen-bond donors (Lipinski definition) is 1. The number of carbonyl (C=O) groups is 1. The Morgan fingerprint density at radius 2 is 1.77 bits per heavy atom. The van der Waals surface area contributed by atoms with Gasteiger partial charge < -0.3 is 10.1 Å². The Labute approximate surface area is 173 Å². The number of pyridine rings is 1. The smallest absolute Gasteiger partial charge is 0.330 e. The van der Waals surface area contributed by atoms with E-state index in [0.29, 0.717) is 36.6 Å². The summed E-state index contributed by atoms with van der Waals surface area (Å²) in [7, 11) is 1.58. The van der Waals surface area contributed by atoms with Crippen LogP contribution in [0.4, 0.5) is 0 Å². The van der Waals surface area contributed by atoms with Crippen molar-refractivity contribution < 1.29 is 9.53 Å². The van der Waals surface area contributed by atoms with E-state index in [-0.39, 0.29) is 11.6 Å². The lowest BCUT2D eigenvalue weighted by Crippen LogP contribution is -2.32. The van der Waals surface area contributed by atoms with E-state index in [1.807, 2.05) is 42.5 Å². The first-order valence-corrected chi connectivity index (χ1v) is 9.67. The number of ether oxygens (including phenoxy) is 1. The van der Waals surface area contributed by atoms with E-state index in [0.717, 1.165) is 11.1 Å². The van der Waals surface area contributed by atoms with Crippen LogP contribution in [0.5, 0.6) is 5.75 Å². The summed E-state index contributed by atoms with van der Waals surface area (Å²) < 4.78 is 8.42. The molecule has 0 saturated carbocycles. The zero-order valence-corrected chi connectivity index (χ0v) is 16.6. The molecule has 7 nitrogen and oxygen atoms in total. The van der Waals surface area contributed by atoms with E-state index in [4.69, 9.17) is 4.74 Å². The highest BCUT2D eigenvalue weighted by Crippen LogP contribution is 2.13. The van der Waals surface area contributed by atoms with Crippen LogP contribution in [-0.2, 0) is 13.1 Å². The molecule has 0 radical (unpaired) electrons. The lowest BCUT2D eigenvalue weighted by Gasteiger charge is -2.07. The fourth-order valence-corrected chi connectivity index (χ4v) is 3.39. The summed E-state index contributed by atoms with van der Waals surface area (Å²) >= 11 is 0. The van der Waals surface area contributed by atoms with Crippen molar-refractivity contribution in [2.45, 2.75) is 13.1 Å². The van der Waals surface area contributed by atoms with Gasteiger partial charge in [-0.25, -0.2) is 9.78 Å². The fraction of sp³-hybridized carbons (Fsp3) is 0.174. The molecule has 2 heterocycles. The standard InChI is InChI=1S/C23H22N4O3/c1-30-19-11-9-18(10-12-19)22(28)25-14-15-26-21-20(8-5-13-24-21)27(23(26)29)16-17-6-3-2-4-7-17/h2-13H,14-16H2,1H3,(H,25,28). The molecule has 0 aliphatic heterocycles. The number of imidazole rings is 1. The maximum absolute atomic E-state index is 13.1. The van der Waals surface area contributed by atoms with Gasteiger partial charge in [-0.05, 0) is 42.0 Å². The Morgan fingerprint density at radius 3 is 2.50 bits per heavy atom. The van der Waals surface area contributed by atoms with E-state index in [1.54, 1.807) is 46.7 Å². The summed E-state index contributed by atoms with van der Waals surface area (Å²) in [6, 6.07) is 20.4. The topological polar surface area (TPSA) is 78.1 Å². The van der Waals surface area contributed by atoms with Gasteiger partial charge in [-0.15, -0.1) is 0 Å². The molecule has 0 saturated heterocycles. The highest BCUT2D eigenvalue weighted by atomic mass is 16.5. The molecule has 0 aliphatic rings. The fourth-order valence-electron chi connectivity index (χ4n) is 3.39. The maximum Gasteiger partial charge on any atom is 0.330 e. The SMILES string of the molecule is COc1ccc(C(=O)NCCn2c(=O)n(Cc3ccccc3)c3cccnc32)cc1. The number of rotatable bonds is 7. The van der Waals surface area contributed by atoms with Crippen LogP contribution in [0.15, 0.2) is 77.7 Å². The second-order valence-electron chi connectivity index (χ2n) is 6.84. The molecule has 7 heteroatoms. The molecule has 1 amide bonds. The summed E-state index contributed by atoms with van der Waals surface area (Å²) in [5, 5.41) is 2.86. The Bertz CT molecular complexity index is 1210. The molecule has 0 fully saturated rings. The third-order valence-corrected chi connectivity index (χ3v) is 4.93. The maximum atomic E-state index is 13.1. The average Bonchev–Trinajstić information content (AvgIpc) is 3.06. The lowest BCUT2D eigenvalue weighted by molar-refractivity contribution is 0.0952. The van der Waals surface area contributed by atoms with E-state index in [2.05, 4.69) is 10.3 Å². The van der Waals surface area contributed by atoms with Crippen molar-refractivity contribution in [1.29, 1.82) is 0 Å². The first-order chi connectivity index (χ1) is 14.7. The van der Waals surface area contributed by atoms with Crippen LogP contribution in [0.3, 0.4) is 0 Å². The molecule has 2 aromatic heterocycles. The van der Waals surface area contributed by atoms with Crippen molar-refractivity contribution in [3.05, 3.63) is 94.5 Å². The molecular weight excluding hydrogens is 380 g/mol. The summed E-state index contributed by atoms with van der Waals surface area (Å²) in [6.45, 7) is 1.11. The normalized spacial score (nSPS) is 10.8. The van der Waals surface area contributed by atoms with Crippen molar-refractivity contribution in [2.24, 2.45) is 0 Å². The van der Waals surface area contributed by atoms with Gasteiger partial charge >= 0.3 is 5.69 Å². The van der Waals surface area contributed by atoms with Crippen molar-refractivity contribution >= 4 is 17.1 Å². The summed E-state index contributed by atoms with van der Waals surface area (Å²) in [5.74, 6) is 0.488. The number of methoxy groups -OCH3 is 1. The molecule has 4 rings (SSSR count). The molecular formula is C23H22N4O3. The van der Waals surface area contributed by atoms with Gasteiger partial charge in [0.05, 0.1) is 19.2 Å². The Balaban J connectivity index is 1.52. The quantitative estimate of drug-likeness (QED) is 0.516. The highest BCUT2D eigenvalue weighted by Gasteiger charge is 2.14. The zero-order valence-electron chi connectivity index (χ0n) is 16.6. The van der Waals surface area contributed by atoms with Gasteiger partial charge in [-0.1, -0.05) is 30.3 Å². The molecule has 0 bridgehead atoms. The van der Waals surface area contributed by atoms with E-state index >= 15 is 0 Å². The Kier molecular flexibility index (Phi) is 5.61. The number of fused-ring (bicyclic) bond motifs is 1. The molecule has 30 heavy (non-hydrogen) atoms.